The molecule has 30 heavy (non-hydrogen) atoms. The molecule has 2 heterocycles. The van der Waals surface area contributed by atoms with Gasteiger partial charge in [-0.2, -0.15) is 0 Å². The first-order chi connectivity index (χ1) is 14.2. The summed E-state index contributed by atoms with van der Waals surface area (Å²) in [5.74, 6) is -3.15. The molecule has 0 radical (unpaired) electrons. The second-order valence-electron chi connectivity index (χ2n) is 7.09. The normalized spacial score (nSPS) is 16.2. The Balaban J connectivity index is 1.92. The lowest BCUT2D eigenvalue weighted by molar-refractivity contribution is 0.0800. The standard InChI is InChI=1S/C22H17ClF3N3O/c1-11-4-6-19(13(3)27-11)29-10-28(18-7-5-16(24)21(26)12(18)2)20-9-15(23)17(25)8-14(20)22(29)30/h4-9,27H,1,10H2,2-3H3. The highest BCUT2D eigenvalue weighted by atomic mass is 35.5. The summed E-state index contributed by atoms with van der Waals surface area (Å²) in [6, 6.07) is 4.81. The van der Waals surface area contributed by atoms with E-state index < -0.39 is 23.4 Å². The number of amides is 1. The van der Waals surface area contributed by atoms with Gasteiger partial charge in [0.15, 0.2) is 11.6 Å². The van der Waals surface area contributed by atoms with Gasteiger partial charge >= 0.3 is 0 Å². The molecule has 2 aromatic carbocycles. The predicted molar refractivity (Wildman–Crippen MR) is 110 cm³/mol. The number of nitrogens with zero attached hydrogens (tertiary/aromatic N) is 2. The Labute approximate surface area is 176 Å². The fourth-order valence-electron chi connectivity index (χ4n) is 3.63. The zero-order valence-corrected chi connectivity index (χ0v) is 16.9. The van der Waals surface area contributed by atoms with E-state index in [4.69, 9.17) is 11.6 Å². The molecule has 0 bridgehead atoms. The van der Waals surface area contributed by atoms with Crippen LogP contribution in [0.3, 0.4) is 0 Å². The van der Waals surface area contributed by atoms with E-state index in [9.17, 15) is 18.0 Å². The topological polar surface area (TPSA) is 35.6 Å². The van der Waals surface area contributed by atoms with E-state index in [0.717, 1.165) is 12.1 Å². The number of anilines is 2. The van der Waals surface area contributed by atoms with Crippen LogP contribution in [0.15, 0.2) is 60.1 Å². The van der Waals surface area contributed by atoms with Crippen LogP contribution in [0.2, 0.25) is 5.02 Å². The summed E-state index contributed by atoms with van der Waals surface area (Å²) >= 11 is 5.97. The van der Waals surface area contributed by atoms with Crippen LogP contribution in [-0.2, 0) is 0 Å². The van der Waals surface area contributed by atoms with Crippen LogP contribution in [0.25, 0.3) is 0 Å². The lowest BCUT2D eigenvalue weighted by Crippen LogP contribution is -2.45. The summed E-state index contributed by atoms with van der Waals surface area (Å²) in [6.07, 6.45) is 3.43. The minimum atomic E-state index is -0.989. The van der Waals surface area contributed by atoms with Gasteiger partial charge in [-0.1, -0.05) is 18.2 Å². The third-order valence-electron chi connectivity index (χ3n) is 5.15. The molecule has 2 aromatic rings. The molecule has 0 unspecified atom stereocenters. The van der Waals surface area contributed by atoms with Gasteiger partial charge in [-0.25, -0.2) is 13.2 Å². The summed E-state index contributed by atoms with van der Waals surface area (Å²) in [5, 5.41) is 2.88. The fourth-order valence-corrected chi connectivity index (χ4v) is 3.79. The molecule has 0 atom stereocenters. The molecule has 0 spiro atoms. The molecular weight excluding hydrogens is 415 g/mol. The van der Waals surface area contributed by atoms with Crippen molar-refractivity contribution in [3.05, 3.63) is 93.7 Å². The summed E-state index contributed by atoms with van der Waals surface area (Å²) in [6.45, 7) is 7.04. The van der Waals surface area contributed by atoms with Crippen molar-refractivity contribution in [3.63, 3.8) is 0 Å². The van der Waals surface area contributed by atoms with Crippen molar-refractivity contribution in [2.24, 2.45) is 0 Å². The highest BCUT2D eigenvalue weighted by molar-refractivity contribution is 6.31. The van der Waals surface area contributed by atoms with Gasteiger partial charge in [0.2, 0.25) is 0 Å². The molecule has 1 amide bonds. The van der Waals surface area contributed by atoms with Gasteiger partial charge < -0.3 is 10.2 Å². The third kappa shape index (κ3) is 3.15. The van der Waals surface area contributed by atoms with Crippen molar-refractivity contribution < 1.29 is 18.0 Å². The fraction of sp³-hybridized carbons (Fsp3) is 0.136. The van der Waals surface area contributed by atoms with Crippen LogP contribution in [0.5, 0.6) is 0 Å². The average molecular weight is 432 g/mol. The van der Waals surface area contributed by atoms with Crippen molar-refractivity contribution in [2.75, 3.05) is 11.6 Å². The van der Waals surface area contributed by atoms with Gasteiger partial charge in [0.25, 0.3) is 5.91 Å². The van der Waals surface area contributed by atoms with Gasteiger partial charge in [0.1, 0.15) is 12.5 Å². The first kappa shape index (κ1) is 20.1. The number of benzene rings is 2. The van der Waals surface area contributed by atoms with Gasteiger partial charge in [-0.3, -0.25) is 9.69 Å². The van der Waals surface area contributed by atoms with Gasteiger partial charge in [-0.15, -0.1) is 0 Å². The van der Waals surface area contributed by atoms with Crippen molar-refractivity contribution >= 4 is 28.9 Å². The van der Waals surface area contributed by atoms with Crippen LogP contribution in [-0.4, -0.2) is 17.5 Å². The first-order valence-corrected chi connectivity index (χ1v) is 9.44. The van der Waals surface area contributed by atoms with E-state index in [-0.39, 0.29) is 22.8 Å². The molecule has 0 aliphatic carbocycles. The lowest BCUT2D eigenvalue weighted by Gasteiger charge is -2.40. The van der Waals surface area contributed by atoms with Gasteiger partial charge in [0, 0.05) is 22.6 Å². The smallest absolute Gasteiger partial charge is 0.262 e. The molecule has 4 rings (SSSR count). The number of nitrogens with one attached hydrogen (secondary N) is 1. The second-order valence-corrected chi connectivity index (χ2v) is 7.49. The summed E-state index contributed by atoms with van der Waals surface area (Å²) in [5.41, 5.74) is 2.66. The Hall–Kier alpha value is -3.19. The summed E-state index contributed by atoms with van der Waals surface area (Å²) in [4.78, 5) is 16.3. The molecule has 1 N–H and O–H groups in total. The second kappa shape index (κ2) is 7.25. The van der Waals surface area contributed by atoms with E-state index in [1.807, 2.05) is 0 Å². The Bertz CT molecular complexity index is 1170. The average Bonchev–Trinajstić information content (AvgIpc) is 2.69. The lowest BCUT2D eigenvalue weighted by atomic mass is 10.0. The molecule has 0 saturated carbocycles. The third-order valence-corrected chi connectivity index (χ3v) is 5.44. The van der Waals surface area contributed by atoms with Crippen molar-refractivity contribution in [1.82, 2.24) is 10.2 Å². The quantitative estimate of drug-likeness (QED) is 0.680. The molecule has 2 aliphatic rings. The van der Waals surface area contributed by atoms with E-state index in [1.54, 1.807) is 24.0 Å². The number of dihydropyridines is 1. The molecule has 0 aromatic heterocycles. The number of allylic oxidation sites excluding steroid dienone is 3. The minimum absolute atomic E-state index is 0.00905. The summed E-state index contributed by atoms with van der Waals surface area (Å²) < 4.78 is 42.2. The monoisotopic (exact) mass is 431 g/mol. The van der Waals surface area contributed by atoms with E-state index in [0.29, 0.717) is 28.5 Å². The first-order valence-electron chi connectivity index (χ1n) is 9.07. The van der Waals surface area contributed by atoms with Crippen LogP contribution < -0.4 is 10.2 Å². The zero-order valence-electron chi connectivity index (χ0n) is 16.2. The Kier molecular flexibility index (Phi) is 4.86. The Morgan fingerprint density at radius 1 is 1.03 bits per heavy atom. The highest BCUT2D eigenvalue weighted by Gasteiger charge is 2.35. The number of halogens is 4. The van der Waals surface area contributed by atoms with Crippen molar-refractivity contribution in [2.45, 2.75) is 13.8 Å². The van der Waals surface area contributed by atoms with Gasteiger partial charge in [0.05, 0.1) is 22.0 Å². The van der Waals surface area contributed by atoms with E-state index in [2.05, 4.69) is 11.9 Å². The molecule has 2 aliphatic heterocycles. The Morgan fingerprint density at radius 3 is 2.47 bits per heavy atom. The molecule has 0 fully saturated rings. The maximum absolute atomic E-state index is 14.3. The highest BCUT2D eigenvalue weighted by Crippen LogP contribution is 2.40. The SMILES string of the molecule is C=C1C=CC(N2CN(c3ccc(F)c(F)c3C)c3cc(Cl)c(F)cc3C2=O)=C(C)N1. The molecule has 4 nitrogen and oxygen atoms in total. The minimum Gasteiger partial charge on any atom is -0.358 e. The summed E-state index contributed by atoms with van der Waals surface area (Å²) in [7, 11) is 0. The van der Waals surface area contributed by atoms with Crippen LogP contribution in [0.4, 0.5) is 24.5 Å². The number of rotatable bonds is 2. The van der Waals surface area contributed by atoms with Crippen LogP contribution in [0.1, 0.15) is 22.8 Å². The van der Waals surface area contributed by atoms with E-state index in [1.165, 1.54) is 24.0 Å². The predicted octanol–water partition coefficient (Wildman–Crippen LogP) is 5.52. The zero-order chi connectivity index (χ0) is 21.7. The number of fused-ring (bicyclic) bond motifs is 1. The van der Waals surface area contributed by atoms with Crippen LogP contribution >= 0.6 is 11.6 Å². The Morgan fingerprint density at radius 2 is 1.77 bits per heavy atom. The van der Waals surface area contributed by atoms with Crippen molar-refractivity contribution in [3.8, 4) is 0 Å². The van der Waals surface area contributed by atoms with E-state index >= 15 is 0 Å². The largest absolute Gasteiger partial charge is 0.358 e. The number of carbonyl (C=O) groups is 1. The van der Waals surface area contributed by atoms with Gasteiger partial charge in [-0.05, 0) is 50.3 Å². The molecule has 0 saturated heterocycles. The maximum atomic E-state index is 14.3. The van der Waals surface area contributed by atoms with Crippen LogP contribution in [0, 0.1) is 24.4 Å². The molecule has 154 valence electrons. The number of carbonyl (C=O) groups excluding carboxylic acids is 1. The number of hydrogen-bond donors (Lipinski definition) is 1. The number of hydrogen-bond acceptors (Lipinski definition) is 3. The van der Waals surface area contributed by atoms with Crippen molar-refractivity contribution in [1.29, 1.82) is 0 Å². The molecule has 8 heteroatoms. The molecular formula is C22H17ClF3N3O. The maximum Gasteiger partial charge on any atom is 0.262 e.